The molecule has 35 heavy (non-hydrogen) atoms. The molecule has 5 rings (SSSR count). The van der Waals surface area contributed by atoms with Gasteiger partial charge in [0, 0.05) is 29.2 Å². The van der Waals surface area contributed by atoms with E-state index in [9.17, 15) is 13.2 Å². The smallest absolute Gasteiger partial charge is 0.414 e. The van der Waals surface area contributed by atoms with Crippen LogP contribution in [0, 0.1) is 0 Å². The Hall–Kier alpha value is -2.82. The topological polar surface area (TPSA) is 76.2 Å². The molecule has 0 aromatic heterocycles. The molecule has 1 saturated heterocycles. The summed E-state index contributed by atoms with van der Waals surface area (Å²) in [4.78, 5) is 14.4. The van der Waals surface area contributed by atoms with Gasteiger partial charge in [0.15, 0.2) is 0 Å². The molecular formula is C25H22BBrN2O5S. The Morgan fingerprint density at radius 3 is 2.23 bits per heavy atom. The van der Waals surface area contributed by atoms with Gasteiger partial charge in [-0.15, -0.1) is 0 Å². The molecule has 3 aromatic carbocycles. The Balaban J connectivity index is 1.26. The van der Waals surface area contributed by atoms with Crippen LogP contribution in [0.3, 0.4) is 0 Å². The van der Waals surface area contributed by atoms with Crippen molar-refractivity contribution in [2.24, 2.45) is 0 Å². The highest BCUT2D eigenvalue weighted by molar-refractivity contribution is 9.10. The Morgan fingerprint density at radius 2 is 1.57 bits per heavy atom. The van der Waals surface area contributed by atoms with Crippen LogP contribution in [-0.2, 0) is 21.4 Å². The highest BCUT2D eigenvalue weighted by atomic mass is 79.9. The summed E-state index contributed by atoms with van der Waals surface area (Å²) in [6.45, 7) is 0.793. The number of ether oxygens (including phenoxy) is 2. The number of hydrogen-bond acceptors (Lipinski definition) is 5. The summed E-state index contributed by atoms with van der Waals surface area (Å²) >= 11 is 3.38. The first-order valence-corrected chi connectivity index (χ1v) is 13.4. The first-order valence-electron chi connectivity index (χ1n) is 11.2. The predicted octanol–water partition coefficient (Wildman–Crippen LogP) is 4.35. The number of carbonyl (C=O) groups is 1. The van der Waals surface area contributed by atoms with Gasteiger partial charge in [0.2, 0.25) is 10.0 Å². The molecule has 0 aliphatic carbocycles. The minimum Gasteiger partial charge on any atom is -0.457 e. The number of halogens is 1. The van der Waals surface area contributed by atoms with Crippen LogP contribution in [0.5, 0.6) is 11.5 Å². The molecule has 0 bridgehead atoms. The first kappa shape index (κ1) is 23.9. The molecule has 1 amide bonds. The normalized spacial score (nSPS) is 17.1. The van der Waals surface area contributed by atoms with E-state index < -0.39 is 16.1 Å². The van der Waals surface area contributed by atoms with Gasteiger partial charge in [-0.25, -0.2) is 13.2 Å². The fraction of sp³-hybridized carbons (Fsp3) is 0.240. The monoisotopic (exact) mass is 552 g/mol. The van der Waals surface area contributed by atoms with E-state index in [4.69, 9.17) is 17.3 Å². The van der Waals surface area contributed by atoms with E-state index in [1.165, 1.54) is 4.31 Å². The Labute approximate surface area is 214 Å². The lowest BCUT2D eigenvalue weighted by Crippen LogP contribution is -2.50. The third kappa shape index (κ3) is 4.96. The lowest BCUT2D eigenvalue weighted by Gasteiger charge is -2.39. The number of hydrogen-bond donors (Lipinski definition) is 0. The van der Waals surface area contributed by atoms with E-state index in [-0.39, 0.29) is 17.5 Å². The average molecular weight is 553 g/mol. The van der Waals surface area contributed by atoms with Gasteiger partial charge in [-0.2, -0.15) is 4.31 Å². The van der Waals surface area contributed by atoms with Crippen LogP contribution in [0.2, 0.25) is 0 Å². The van der Waals surface area contributed by atoms with Crippen molar-refractivity contribution in [3.05, 3.63) is 76.8 Å². The molecule has 7 nitrogen and oxygen atoms in total. The summed E-state index contributed by atoms with van der Waals surface area (Å²) in [6.07, 6.45) is 0.594. The van der Waals surface area contributed by atoms with Crippen molar-refractivity contribution in [1.29, 1.82) is 0 Å². The lowest BCUT2D eigenvalue weighted by atomic mass is 9.92. The van der Waals surface area contributed by atoms with E-state index in [1.807, 2.05) is 30.3 Å². The highest BCUT2D eigenvalue weighted by Gasteiger charge is 2.37. The van der Waals surface area contributed by atoms with Crippen molar-refractivity contribution >= 4 is 51.0 Å². The zero-order valence-electron chi connectivity index (χ0n) is 18.8. The molecule has 10 heteroatoms. The number of nitrogens with zero attached hydrogens (tertiary/aromatic N) is 2. The van der Waals surface area contributed by atoms with Crippen LogP contribution in [0.25, 0.3) is 0 Å². The lowest BCUT2D eigenvalue weighted by molar-refractivity contribution is 0.136. The maximum Gasteiger partial charge on any atom is 0.414 e. The Bertz CT molecular complexity index is 1340. The van der Waals surface area contributed by atoms with Gasteiger partial charge in [0.25, 0.3) is 0 Å². The summed E-state index contributed by atoms with van der Waals surface area (Å²) < 4.78 is 40.0. The number of piperidine rings is 1. The molecule has 0 unspecified atom stereocenters. The maximum atomic E-state index is 13.2. The van der Waals surface area contributed by atoms with Gasteiger partial charge < -0.3 is 9.47 Å². The number of anilines is 1. The van der Waals surface area contributed by atoms with Gasteiger partial charge in [-0.3, -0.25) is 4.90 Å². The zero-order valence-corrected chi connectivity index (χ0v) is 21.2. The van der Waals surface area contributed by atoms with Crippen molar-refractivity contribution in [3.63, 3.8) is 0 Å². The molecule has 1 fully saturated rings. The third-order valence-electron chi connectivity index (χ3n) is 6.21. The van der Waals surface area contributed by atoms with Gasteiger partial charge >= 0.3 is 6.09 Å². The second-order valence-corrected chi connectivity index (χ2v) is 11.3. The molecule has 0 saturated carbocycles. The fourth-order valence-corrected chi connectivity index (χ4v) is 6.15. The second-order valence-electron chi connectivity index (χ2n) is 8.48. The van der Waals surface area contributed by atoms with Crippen molar-refractivity contribution in [1.82, 2.24) is 4.31 Å². The molecule has 2 aliphatic rings. The van der Waals surface area contributed by atoms with Crippen molar-refractivity contribution in [2.75, 3.05) is 18.0 Å². The van der Waals surface area contributed by atoms with Crippen LogP contribution < -0.4 is 15.1 Å². The number of benzene rings is 3. The van der Waals surface area contributed by atoms with Crippen molar-refractivity contribution in [3.8, 4) is 11.5 Å². The molecule has 2 heterocycles. The zero-order chi connectivity index (χ0) is 24.6. The second kappa shape index (κ2) is 9.68. The van der Waals surface area contributed by atoms with Crippen molar-refractivity contribution in [2.45, 2.75) is 30.4 Å². The van der Waals surface area contributed by atoms with Crippen molar-refractivity contribution < 1.29 is 22.7 Å². The van der Waals surface area contributed by atoms with Crippen LogP contribution in [0.15, 0.2) is 76.1 Å². The first-order chi connectivity index (χ1) is 16.8. The summed E-state index contributed by atoms with van der Waals surface area (Å²) in [5.74, 6) is 1.21. The summed E-state index contributed by atoms with van der Waals surface area (Å²) in [5.41, 5.74) is 2.24. The minimum absolute atomic E-state index is 0.154. The predicted molar refractivity (Wildman–Crippen MR) is 137 cm³/mol. The third-order valence-corrected chi connectivity index (χ3v) is 8.65. The van der Waals surface area contributed by atoms with E-state index in [0.29, 0.717) is 42.9 Å². The number of fused-ring (bicyclic) bond motifs is 1. The standard InChI is InChI=1S/C25H22BBrN2O5S/c26-18-1-10-24-17(15-18)16-33-25(30)29(24)20-11-13-28(14-12-20)35(31,32)23-8-6-22(7-9-23)34-21-4-2-19(27)3-5-21/h1-10,15,20H,11-14,16H2. The quantitative estimate of drug-likeness (QED) is 0.440. The van der Waals surface area contributed by atoms with Gasteiger partial charge in [-0.1, -0.05) is 33.5 Å². The van der Waals surface area contributed by atoms with E-state index in [0.717, 1.165) is 15.7 Å². The van der Waals surface area contributed by atoms with Gasteiger partial charge in [0.05, 0.1) is 10.6 Å². The van der Waals surface area contributed by atoms with Crippen LogP contribution in [-0.4, -0.2) is 45.8 Å². The Morgan fingerprint density at radius 1 is 0.943 bits per heavy atom. The Kier molecular flexibility index (Phi) is 6.61. The highest BCUT2D eigenvalue weighted by Crippen LogP contribution is 2.33. The van der Waals surface area contributed by atoms with Crippen LogP contribution in [0.4, 0.5) is 10.5 Å². The molecule has 2 radical (unpaired) electrons. The van der Waals surface area contributed by atoms with E-state index in [1.54, 1.807) is 41.3 Å². The number of cyclic esters (lactones) is 1. The maximum absolute atomic E-state index is 13.2. The van der Waals surface area contributed by atoms with Crippen LogP contribution >= 0.6 is 15.9 Å². The molecule has 0 N–H and O–H groups in total. The summed E-state index contributed by atoms with van der Waals surface area (Å²) in [5, 5.41) is 0. The minimum atomic E-state index is -3.67. The van der Waals surface area contributed by atoms with Crippen LogP contribution in [0.1, 0.15) is 18.4 Å². The molecule has 3 aromatic rings. The number of sulfonamides is 1. The van der Waals surface area contributed by atoms with Gasteiger partial charge in [-0.05, 0) is 67.4 Å². The largest absolute Gasteiger partial charge is 0.457 e. The summed E-state index contributed by atoms with van der Waals surface area (Å²) in [7, 11) is 2.20. The molecule has 2 aliphatic heterocycles. The van der Waals surface area contributed by atoms with Gasteiger partial charge in [0.1, 0.15) is 26.0 Å². The van der Waals surface area contributed by atoms with E-state index in [2.05, 4.69) is 15.9 Å². The molecule has 178 valence electrons. The molecule has 0 spiro atoms. The number of amides is 1. The fourth-order valence-electron chi connectivity index (χ4n) is 4.42. The number of carbonyl (C=O) groups excluding carboxylic acids is 1. The average Bonchev–Trinajstić information content (AvgIpc) is 2.86. The van der Waals surface area contributed by atoms with E-state index >= 15 is 0 Å². The molecular weight excluding hydrogens is 531 g/mol. The number of rotatable bonds is 5. The SMILES string of the molecule is [B]c1ccc2c(c1)COC(=O)N2C1CCN(S(=O)(=O)c2ccc(Oc3ccc(Br)cc3)cc2)CC1. The molecule has 0 atom stereocenters. The summed E-state index contributed by atoms with van der Waals surface area (Å²) in [6, 6.07) is 19.0.